The average molecular weight is 502 g/mol. The van der Waals surface area contributed by atoms with Gasteiger partial charge in [0.15, 0.2) is 0 Å². The van der Waals surface area contributed by atoms with Crippen molar-refractivity contribution in [2.75, 3.05) is 33.4 Å². The molecule has 0 radical (unpaired) electrons. The van der Waals surface area contributed by atoms with Crippen LogP contribution in [0.15, 0.2) is 54.6 Å². The predicted octanol–water partition coefficient (Wildman–Crippen LogP) is 5.16. The van der Waals surface area contributed by atoms with E-state index in [-0.39, 0.29) is 12.2 Å². The van der Waals surface area contributed by atoms with E-state index in [1.54, 1.807) is 23.9 Å². The van der Waals surface area contributed by atoms with E-state index in [1.165, 1.54) is 0 Å². The zero-order valence-corrected chi connectivity index (χ0v) is 22.0. The van der Waals surface area contributed by atoms with Gasteiger partial charge in [0.1, 0.15) is 11.4 Å². The van der Waals surface area contributed by atoms with Crippen molar-refractivity contribution < 1.29 is 19.3 Å². The Bertz CT molecular complexity index is 1050. The van der Waals surface area contributed by atoms with Crippen LogP contribution >= 0.6 is 11.6 Å². The van der Waals surface area contributed by atoms with Crippen LogP contribution < -0.4 is 4.74 Å². The van der Waals surface area contributed by atoms with E-state index < -0.39 is 6.10 Å². The monoisotopic (exact) mass is 501 g/mol. The largest absolute Gasteiger partial charge is 0.439 e. The lowest BCUT2D eigenvalue weighted by Gasteiger charge is -2.27. The van der Waals surface area contributed by atoms with Gasteiger partial charge in [0.05, 0.1) is 30.5 Å². The number of aliphatic hydroxyl groups excluding tert-OH is 1. The molecule has 0 bridgehead atoms. The van der Waals surface area contributed by atoms with E-state index in [4.69, 9.17) is 30.9 Å². The Morgan fingerprint density at radius 1 is 1.09 bits per heavy atom. The smallest absolute Gasteiger partial charge is 0.222 e. The first-order chi connectivity index (χ1) is 16.7. The molecule has 0 saturated carbocycles. The number of aromatic nitrogens is 2. The summed E-state index contributed by atoms with van der Waals surface area (Å²) in [5.41, 5.74) is 2.43. The second-order valence-corrected chi connectivity index (χ2v) is 9.92. The molecule has 0 fully saturated rings. The van der Waals surface area contributed by atoms with E-state index >= 15 is 0 Å². The molecule has 0 saturated heterocycles. The van der Waals surface area contributed by atoms with Gasteiger partial charge in [-0.2, -0.15) is 5.10 Å². The predicted molar refractivity (Wildman–Crippen MR) is 139 cm³/mol. The number of aliphatic hydroxyl groups is 1. The molecule has 0 aliphatic rings. The number of rotatable bonds is 12. The minimum Gasteiger partial charge on any atom is -0.439 e. The molecule has 1 heterocycles. The van der Waals surface area contributed by atoms with Crippen molar-refractivity contribution in [3.63, 3.8) is 0 Å². The summed E-state index contributed by atoms with van der Waals surface area (Å²) >= 11 is 6.06. The lowest BCUT2D eigenvalue weighted by atomic mass is 10.1. The first kappa shape index (κ1) is 27.2. The standard InChI is InChI=1S/C27H36ClN3O4/c1-27(2,3)34-19-22(32)17-31(15-16-33-5)18-24-25(20-9-7-6-8-10-20)29-30(4)26(24)35-23-13-11-21(28)12-14-23/h6-14,22,32H,15-19H2,1-5H3. The van der Waals surface area contributed by atoms with Gasteiger partial charge in [0.2, 0.25) is 5.88 Å². The highest BCUT2D eigenvalue weighted by atomic mass is 35.5. The molecule has 7 nitrogen and oxygen atoms in total. The Balaban J connectivity index is 1.92. The van der Waals surface area contributed by atoms with E-state index in [0.717, 1.165) is 16.8 Å². The number of benzene rings is 2. The van der Waals surface area contributed by atoms with Crippen molar-refractivity contribution in [1.29, 1.82) is 0 Å². The van der Waals surface area contributed by atoms with Crippen LogP contribution in [0.5, 0.6) is 11.6 Å². The van der Waals surface area contributed by atoms with Crippen molar-refractivity contribution in [2.45, 2.75) is 39.0 Å². The Kier molecular flexibility index (Phi) is 9.71. The molecular weight excluding hydrogens is 466 g/mol. The van der Waals surface area contributed by atoms with Gasteiger partial charge < -0.3 is 19.3 Å². The average Bonchev–Trinajstić information content (AvgIpc) is 3.12. The Morgan fingerprint density at radius 2 is 1.77 bits per heavy atom. The van der Waals surface area contributed by atoms with Gasteiger partial charge in [-0.25, -0.2) is 4.68 Å². The maximum Gasteiger partial charge on any atom is 0.222 e. The first-order valence-electron chi connectivity index (χ1n) is 11.7. The number of halogens is 1. The zero-order chi connectivity index (χ0) is 25.4. The van der Waals surface area contributed by atoms with Gasteiger partial charge in [0, 0.05) is 44.4 Å². The summed E-state index contributed by atoms with van der Waals surface area (Å²) in [4.78, 5) is 2.14. The summed E-state index contributed by atoms with van der Waals surface area (Å²) in [6, 6.07) is 17.3. The molecule has 0 amide bonds. The van der Waals surface area contributed by atoms with Gasteiger partial charge in [-0.15, -0.1) is 0 Å². The van der Waals surface area contributed by atoms with Crippen molar-refractivity contribution in [1.82, 2.24) is 14.7 Å². The fourth-order valence-corrected chi connectivity index (χ4v) is 3.77. The van der Waals surface area contributed by atoms with Crippen LogP contribution in [-0.2, 0) is 23.1 Å². The summed E-state index contributed by atoms with van der Waals surface area (Å²) in [5.74, 6) is 1.30. The molecule has 1 N–H and O–H groups in total. The third-order valence-electron chi connectivity index (χ3n) is 5.33. The van der Waals surface area contributed by atoms with Gasteiger partial charge in [0.25, 0.3) is 0 Å². The van der Waals surface area contributed by atoms with Crippen molar-refractivity contribution in [2.24, 2.45) is 7.05 Å². The zero-order valence-electron chi connectivity index (χ0n) is 21.2. The van der Waals surface area contributed by atoms with Gasteiger partial charge in [-0.3, -0.25) is 4.90 Å². The van der Waals surface area contributed by atoms with Crippen LogP contribution in [0.25, 0.3) is 11.3 Å². The lowest BCUT2D eigenvalue weighted by Crippen LogP contribution is -2.38. The van der Waals surface area contributed by atoms with Gasteiger partial charge in [-0.05, 0) is 45.0 Å². The van der Waals surface area contributed by atoms with Crippen LogP contribution in [0, 0.1) is 0 Å². The number of methoxy groups -OCH3 is 1. The molecule has 190 valence electrons. The van der Waals surface area contributed by atoms with Crippen LogP contribution in [0.2, 0.25) is 5.02 Å². The summed E-state index contributed by atoms with van der Waals surface area (Å²) in [7, 11) is 3.54. The third kappa shape index (κ3) is 8.33. The number of ether oxygens (including phenoxy) is 3. The normalized spacial score (nSPS) is 12.8. The highest BCUT2D eigenvalue weighted by Gasteiger charge is 2.24. The molecular formula is C27H36ClN3O4. The van der Waals surface area contributed by atoms with Crippen LogP contribution in [0.4, 0.5) is 0 Å². The molecule has 0 spiro atoms. The van der Waals surface area contributed by atoms with Crippen molar-refractivity contribution in [3.05, 3.63) is 65.2 Å². The Labute approximate surface area is 213 Å². The van der Waals surface area contributed by atoms with Crippen molar-refractivity contribution >= 4 is 11.6 Å². The van der Waals surface area contributed by atoms with Crippen LogP contribution in [0.1, 0.15) is 26.3 Å². The second-order valence-electron chi connectivity index (χ2n) is 9.48. The first-order valence-corrected chi connectivity index (χ1v) is 12.1. The third-order valence-corrected chi connectivity index (χ3v) is 5.59. The van der Waals surface area contributed by atoms with Gasteiger partial charge in [-0.1, -0.05) is 41.9 Å². The molecule has 3 rings (SSSR count). The van der Waals surface area contributed by atoms with E-state index in [0.29, 0.717) is 42.9 Å². The topological polar surface area (TPSA) is 69.0 Å². The SMILES string of the molecule is COCCN(Cc1c(-c2ccccc2)nn(C)c1Oc1ccc(Cl)cc1)CC(O)COC(C)(C)C. The fraction of sp³-hybridized carbons (Fsp3) is 0.444. The molecule has 8 heteroatoms. The second kappa shape index (κ2) is 12.5. The maximum atomic E-state index is 10.7. The fourth-order valence-electron chi connectivity index (χ4n) is 3.64. The lowest BCUT2D eigenvalue weighted by molar-refractivity contribution is -0.0576. The molecule has 0 aliphatic heterocycles. The molecule has 2 aromatic carbocycles. The molecule has 1 atom stereocenters. The molecule has 35 heavy (non-hydrogen) atoms. The highest BCUT2D eigenvalue weighted by Crippen LogP contribution is 2.34. The molecule has 1 aromatic heterocycles. The highest BCUT2D eigenvalue weighted by molar-refractivity contribution is 6.30. The summed E-state index contributed by atoms with van der Waals surface area (Å²) in [6.07, 6.45) is -0.649. The number of hydrogen-bond donors (Lipinski definition) is 1. The number of hydrogen-bond acceptors (Lipinski definition) is 6. The summed E-state index contributed by atoms with van der Waals surface area (Å²) in [5, 5.41) is 16.1. The summed E-state index contributed by atoms with van der Waals surface area (Å²) in [6.45, 7) is 8.27. The van der Waals surface area contributed by atoms with Gasteiger partial charge >= 0.3 is 0 Å². The number of aryl methyl sites for hydroxylation is 1. The Morgan fingerprint density at radius 3 is 2.40 bits per heavy atom. The number of nitrogens with zero attached hydrogens (tertiary/aromatic N) is 3. The molecule has 3 aromatic rings. The molecule has 0 aliphatic carbocycles. The van der Waals surface area contributed by atoms with E-state index in [2.05, 4.69) is 4.90 Å². The maximum absolute atomic E-state index is 10.7. The van der Waals surface area contributed by atoms with Crippen molar-refractivity contribution in [3.8, 4) is 22.9 Å². The van der Waals surface area contributed by atoms with E-state index in [1.807, 2.05) is 70.3 Å². The summed E-state index contributed by atoms with van der Waals surface area (Å²) < 4.78 is 19.2. The molecule has 1 unspecified atom stereocenters. The van der Waals surface area contributed by atoms with Crippen LogP contribution in [-0.4, -0.2) is 64.9 Å². The minimum absolute atomic E-state index is 0.250. The van der Waals surface area contributed by atoms with E-state index in [9.17, 15) is 5.11 Å². The van der Waals surface area contributed by atoms with Crippen LogP contribution in [0.3, 0.4) is 0 Å². The Hall–Kier alpha value is -2.42. The quantitative estimate of drug-likeness (QED) is 0.370. The minimum atomic E-state index is -0.649.